The summed E-state index contributed by atoms with van der Waals surface area (Å²) < 4.78 is 5.08. The molecule has 7 heteroatoms. The average Bonchev–Trinajstić information content (AvgIpc) is 3.17. The Morgan fingerprint density at radius 3 is 2.78 bits per heavy atom. The van der Waals surface area contributed by atoms with Crippen molar-refractivity contribution in [2.75, 3.05) is 0 Å². The van der Waals surface area contributed by atoms with Crippen LogP contribution in [-0.4, -0.2) is 24.1 Å². The van der Waals surface area contributed by atoms with Crippen LogP contribution in [0.2, 0.25) is 0 Å². The van der Waals surface area contributed by atoms with Gasteiger partial charge in [0, 0.05) is 4.88 Å². The molecule has 0 saturated heterocycles. The van der Waals surface area contributed by atoms with E-state index in [4.69, 9.17) is 4.42 Å². The minimum absolute atomic E-state index is 0.0545. The summed E-state index contributed by atoms with van der Waals surface area (Å²) >= 11 is 1.51. The predicted molar refractivity (Wildman–Crippen MR) is 89.2 cm³/mol. The second-order valence-electron chi connectivity index (χ2n) is 5.30. The van der Waals surface area contributed by atoms with Crippen molar-refractivity contribution in [2.24, 2.45) is 11.0 Å². The highest BCUT2D eigenvalue weighted by Gasteiger charge is 2.24. The van der Waals surface area contributed by atoms with Crippen LogP contribution < -0.4 is 10.7 Å². The minimum Gasteiger partial charge on any atom is -0.463 e. The lowest BCUT2D eigenvalue weighted by Crippen LogP contribution is -2.49. The van der Waals surface area contributed by atoms with Gasteiger partial charge in [0.2, 0.25) is 5.91 Å². The molecule has 2 rings (SSSR count). The second-order valence-corrected chi connectivity index (χ2v) is 6.33. The van der Waals surface area contributed by atoms with Gasteiger partial charge in [-0.05, 0) is 29.5 Å². The Hall–Kier alpha value is -2.41. The minimum atomic E-state index is -0.642. The van der Waals surface area contributed by atoms with Crippen molar-refractivity contribution in [1.82, 2.24) is 10.7 Å². The van der Waals surface area contributed by atoms with Gasteiger partial charge in [0.25, 0.3) is 5.91 Å². The molecule has 2 aromatic heterocycles. The van der Waals surface area contributed by atoms with E-state index in [0.717, 1.165) is 4.88 Å². The number of nitrogens with one attached hydrogen (secondary N) is 2. The Morgan fingerprint density at radius 2 is 2.17 bits per heavy atom. The molecule has 0 aliphatic heterocycles. The molecule has 2 N–H and O–H groups in total. The van der Waals surface area contributed by atoms with Gasteiger partial charge >= 0.3 is 0 Å². The van der Waals surface area contributed by atoms with E-state index < -0.39 is 6.04 Å². The summed E-state index contributed by atoms with van der Waals surface area (Å²) in [5.41, 5.74) is 2.42. The Bertz CT molecular complexity index is 648. The third kappa shape index (κ3) is 5.37. The molecule has 0 unspecified atom stereocenters. The van der Waals surface area contributed by atoms with Crippen LogP contribution in [0.4, 0.5) is 0 Å². The number of rotatable bonds is 7. The van der Waals surface area contributed by atoms with Crippen LogP contribution in [-0.2, 0) is 16.0 Å². The molecular weight excluding hydrogens is 314 g/mol. The number of carbonyl (C=O) groups is 2. The molecule has 1 atom stereocenters. The maximum absolute atomic E-state index is 12.2. The first-order chi connectivity index (χ1) is 11.1. The third-order valence-electron chi connectivity index (χ3n) is 3.09. The van der Waals surface area contributed by atoms with Gasteiger partial charge in [0.1, 0.15) is 11.8 Å². The quantitative estimate of drug-likeness (QED) is 0.602. The largest absolute Gasteiger partial charge is 0.463 e. The fourth-order valence-electron chi connectivity index (χ4n) is 1.92. The SMILES string of the molecule is CC(C)[C@@H](NC(=O)Cc1cccs1)C(=O)N/N=C\c1ccco1. The second kappa shape index (κ2) is 8.28. The highest BCUT2D eigenvalue weighted by molar-refractivity contribution is 7.10. The molecule has 23 heavy (non-hydrogen) atoms. The number of amides is 2. The Morgan fingerprint density at radius 1 is 1.35 bits per heavy atom. The summed E-state index contributed by atoms with van der Waals surface area (Å²) in [4.78, 5) is 25.2. The summed E-state index contributed by atoms with van der Waals surface area (Å²) in [5.74, 6) is -0.0622. The molecule has 2 heterocycles. The molecule has 0 fully saturated rings. The number of furan rings is 1. The Kier molecular flexibility index (Phi) is 6.10. The summed E-state index contributed by atoms with van der Waals surface area (Å²) in [6.45, 7) is 3.73. The smallest absolute Gasteiger partial charge is 0.262 e. The molecule has 0 aliphatic rings. The lowest BCUT2D eigenvalue weighted by Gasteiger charge is -2.20. The highest BCUT2D eigenvalue weighted by atomic mass is 32.1. The van der Waals surface area contributed by atoms with Gasteiger partial charge in [0.15, 0.2) is 0 Å². The van der Waals surface area contributed by atoms with Crippen LogP contribution in [0.1, 0.15) is 24.5 Å². The predicted octanol–water partition coefficient (Wildman–Crippen LogP) is 2.17. The van der Waals surface area contributed by atoms with E-state index in [1.54, 1.807) is 12.1 Å². The lowest BCUT2D eigenvalue weighted by atomic mass is 10.0. The van der Waals surface area contributed by atoms with Gasteiger partial charge in [-0.15, -0.1) is 11.3 Å². The maximum Gasteiger partial charge on any atom is 0.262 e. The average molecular weight is 333 g/mol. The van der Waals surface area contributed by atoms with Crippen LogP contribution >= 0.6 is 11.3 Å². The van der Waals surface area contributed by atoms with Crippen LogP contribution in [0.25, 0.3) is 0 Å². The van der Waals surface area contributed by atoms with Crippen molar-refractivity contribution in [3.8, 4) is 0 Å². The van der Waals surface area contributed by atoms with Crippen molar-refractivity contribution < 1.29 is 14.0 Å². The normalized spacial score (nSPS) is 12.5. The highest BCUT2D eigenvalue weighted by Crippen LogP contribution is 2.10. The summed E-state index contributed by atoms with van der Waals surface area (Å²) in [7, 11) is 0. The first-order valence-electron chi connectivity index (χ1n) is 7.24. The first kappa shape index (κ1) is 17.0. The molecular formula is C16H19N3O3S. The van der Waals surface area contributed by atoms with Crippen LogP contribution in [0.3, 0.4) is 0 Å². The number of hydrazone groups is 1. The van der Waals surface area contributed by atoms with Crippen LogP contribution in [0, 0.1) is 5.92 Å². The number of hydrogen-bond acceptors (Lipinski definition) is 5. The molecule has 2 amide bonds. The fourth-order valence-corrected chi connectivity index (χ4v) is 2.63. The van der Waals surface area contributed by atoms with Gasteiger partial charge in [-0.25, -0.2) is 5.43 Å². The van der Waals surface area contributed by atoms with E-state index in [-0.39, 0.29) is 24.2 Å². The molecule has 2 aromatic rings. The van der Waals surface area contributed by atoms with Gasteiger partial charge in [0.05, 0.1) is 18.9 Å². The van der Waals surface area contributed by atoms with Gasteiger partial charge in [-0.3, -0.25) is 9.59 Å². The number of nitrogens with zero attached hydrogens (tertiary/aromatic N) is 1. The fraction of sp³-hybridized carbons (Fsp3) is 0.312. The zero-order valence-corrected chi connectivity index (χ0v) is 13.8. The molecule has 0 radical (unpaired) electrons. The zero-order valence-electron chi connectivity index (χ0n) is 13.0. The van der Waals surface area contributed by atoms with Crippen molar-refractivity contribution in [3.05, 3.63) is 46.5 Å². The molecule has 6 nitrogen and oxygen atoms in total. The van der Waals surface area contributed by atoms with E-state index >= 15 is 0 Å². The maximum atomic E-state index is 12.2. The van der Waals surface area contributed by atoms with E-state index in [0.29, 0.717) is 5.76 Å². The molecule has 0 aliphatic carbocycles. The van der Waals surface area contributed by atoms with Gasteiger partial charge in [-0.1, -0.05) is 19.9 Å². The van der Waals surface area contributed by atoms with Crippen molar-refractivity contribution in [3.63, 3.8) is 0 Å². The van der Waals surface area contributed by atoms with Crippen molar-refractivity contribution >= 4 is 29.4 Å². The van der Waals surface area contributed by atoms with Crippen LogP contribution in [0.15, 0.2) is 45.4 Å². The van der Waals surface area contributed by atoms with Gasteiger partial charge < -0.3 is 9.73 Å². The third-order valence-corrected chi connectivity index (χ3v) is 3.97. The molecule has 0 spiro atoms. The Balaban J connectivity index is 1.89. The number of thiophene rings is 1. The number of hydrogen-bond donors (Lipinski definition) is 2. The topological polar surface area (TPSA) is 83.7 Å². The zero-order chi connectivity index (χ0) is 16.7. The molecule has 0 aromatic carbocycles. The summed E-state index contributed by atoms with van der Waals surface area (Å²) in [6.07, 6.45) is 3.19. The summed E-state index contributed by atoms with van der Waals surface area (Å²) in [5, 5.41) is 8.50. The van der Waals surface area contributed by atoms with Gasteiger partial charge in [-0.2, -0.15) is 5.10 Å². The van der Waals surface area contributed by atoms with E-state index in [1.165, 1.54) is 23.8 Å². The number of carbonyl (C=O) groups excluding carboxylic acids is 2. The molecule has 0 bridgehead atoms. The van der Waals surface area contributed by atoms with Crippen molar-refractivity contribution in [1.29, 1.82) is 0 Å². The monoisotopic (exact) mass is 333 g/mol. The molecule has 0 saturated carbocycles. The molecule has 122 valence electrons. The lowest BCUT2D eigenvalue weighted by molar-refractivity contribution is -0.129. The van der Waals surface area contributed by atoms with E-state index in [1.807, 2.05) is 31.4 Å². The standard InChI is InChI=1S/C16H19N3O3S/c1-11(2)15(18-14(20)9-13-6-4-8-23-13)16(21)19-17-10-12-5-3-7-22-12/h3-8,10-11,15H,9H2,1-2H3,(H,18,20)(H,19,21)/b17-10-/t15-/m1/s1. The van der Waals surface area contributed by atoms with E-state index in [9.17, 15) is 9.59 Å². The first-order valence-corrected chi connectivity index (χ1v) is 8.12. The Labute approximate surface area is 138 Å². The van der Waals surface area contributed by atoms with Crippen molar-refractivity contribution in [2.45, 2.75) is 26.3 Å². The van der Waals surface area contributed by atoms with E-state index in [2.05, 4.69) is 15.8 Å². The summed E-state index contributed by atoms with van der Waals surface area (Å²) in [6, 6.07) is 6.59. The van der Waals surface area contributed by atoms with Crippen LogP contribution in [0.5, 0.6) is 0 Å².